The molecule has 0 saturated heterocycles. The SMILES string of the molecule is COc1ccc(CN(C)C(C)C(=O)NCCc2ccc(F)cc2)cc1. The zero-order valence-corrected chi connectivity index (χ0v) is 15.0. The number of carbonyl (C=O) groups is 1. The Kier molecular flexibility index (Phi) is 6.95. The molecule has 25 heavy (non-hydrogen) atoms. The third kappa shape index (κ3) is 5.87. The van der Waals surface area contributed by atoms with Gasteiger partial charge in [-0.15, -0.1) is 0 Å². The number of nitrogens with zero attached hydrogens (tertiary/aromatic N) is 1. The number of rotatable bonds is 8. The summed E-state index contributed by atoms with van der Waals surface area (Å²) in [6.45, 7) is 3.10. The summed E-state index contributed by atoms with van der Waals surface area (Å²) >= 11 is 0. The Bertz CT molecular complexity index is 671. The molecule has 134 valence electrons. The van der Waals surface area contributed by atoms with Gasteiger partial charge in [0.15, 0.2) is 0 Å². The number of methoxy groups -OCH3 is 1. The van der Waals surface area contributed by atoms with Crippen LogP contribution in [0.1, 0.15) is 18.1 Å². The Morgan fingerprint density at radius 2 is 1.72 bits per heavy atom. The minimum atomic E-state index is -0.249. The summed E-state index contributed by atoms with van der Waals surface area (Å²) in [4.78, 5) is 14.3. The van der Waals surface area contributed by atoms with E-state index in [1.165, 1.54) is 12.1 Å². The van der Waals surface area contributed by atoms with Gasteiger partial charge >= 0.3 is 0 Å². The van der Waals surface area contributed by atoms with Gasteiger partial charge in [0, 0.05) is 13.1 Å². The predicted octanol–water partition coefficient (Wildman–Crippen LogP) is 3.01. The highest BCUT2D eigenvalue weighted by Crippen LogP contribution is 2.13. The van der Waals surface area contributed by atoms with E-state index < -0.39 is 0 Å². The Hall–Kier alpha value is -2.40. The lowest BCUT2D eigenvalue weighted by atomic mass is 10.1. The first kappa shape index (κ1) is 18.9. The predicted molar refractivity (Wildman–Crippen MR) is 97.0 cm³/mol. The molecule has 2 aromatic rings. The van der Waals surface area contributed by atoms with E-state index in [0.29, 0.717) is 19.5 Å². The molecule has 0 fully saturated rings. The van der Waals surface area contributed by atoms with Gasteiger partial charge < -0.3 is 10.1 Å². The number of hydrogen-bond donors (Lipinski definition) is 1. The van der Waals surface area contributed by atoms with E-state index in [9.17, 15) is 9.18 Å². The first-order valence-corrected chi connectivity index (χ1v) is 8.35. The summed E-state index contributed by atoms with van der Waals surface area (Å²) in [5, 5.41) is 2.94. The lowest BCUT2D eigenvalue weighted by Crippen LogP contribution is -2.43. The maximum Gasteiger partial charge on any atom is 0.237 e. The molecule has 0 bridgehead atoms. The molecule has 1 unspecified atom stereocenters. The van der Waals surface area contributed by atoms with Crippen molar-refractivity contribution < 1.29 is 13.9 Å². The molecule has 1 N–H and O–H groups in total. The zero-order valence-electron chi connectivity index (χ0n) is 15.0. The third-order valence-electron chi connectivity index (χ3n) is 4.26. The van der Waals surface area contributed by atoms with Crippen LogP contribution in [0, 0.1) is 5.82 Å². The minimum absolute atomic E-state index is 0.0156. The molecule has 0 spiro atoms. The van der Waals surface area contributed by atoms with E-state index in [-0.39, 0.29) is 17.8 Å². The quantitative estimate of drug-likeness (QED) is 0.800. The Morgan fingerprint density at radius 3 is 2.32 bits per heavy atom. The van der Waals surface area contributed by atoms with Crippen molar-refractivity contribution in [2.75, 3.05) is 20.7 Å². The first-order valence-electron chi connectivity index (χ1n) is 8.35. The molecule has 2 rings (SSSR count). The average molecular weight is 344 g/mol. The number of likely N-dealkylation sites (N-methyl/N-ethyl adjacent to an activating group) is 1. The first-order chi connectivity index (χ1) is 12.0. The van der Waals surface area contributed by atoms with E-state index >= 15 is 0 Å². The zero-order chi connectivity index (χ0) is 18.2. The van der Waals surface area contributed by atoms with E-state index in [2.05, 4.69) is 5.32 Å². The topological polar surface area (TPSA) is 41.6 Å². The molecular weight excluding hydrogens is 319 g/mol. The van der Waals surface area contributed by atoms with Crippen LogP contribution in [0.15, 0.2) is 48.5 Å². The van der Waals surface area contributed by atoms with Crippen molar-refractivity contribution in [1.82, 2.24) is 10.2 Å². The van der Waals surface area contributed by atoms with Crippen molar-refractivity contribution in [2.45, 2.75) is 25.9 Å². The van der Waals surface area contributed by atoms with Crippen LogP contribution in [-0.2, 0) is 17.8 Å². The van der Waals surface area contributed by atoms with Crippen molar-refractivity contribution in [3.63, 3.8) is 0 Å². The molecule has 1 amide bonds. The standard InChI is InChI=1S/C20H25FN2O2/c1-15(23(2)14-17-6-10-19(25-3)11-7-17)20(24)22-13-12-16-4-8-18(21)9-5-16/h4-11,15H,12-14H2,1-3H3,(H,22,24). The molecular formula is C20H25FN2O2. The molecule has 0 heterocycles. The van der Waals surface area contributed by atoms with Crippen molar-refractivity contribution >= 4 is 5.91 Å². The fourth-order valence-corrected chi connectivity index (χ4v) is 2.48. The minimum Gasteiger partial charge on any atom is -0.497 e. The highest BCUT2D eigenvalue weighted by Gasteiger charge is 2.17. The molecule has 5 heteroatoms. The number of ether oxygens (including phenoxy) is 1. The summed E-state index contributed by atoms with van der Waals surface area (Å²) in [5.74, 6) is 0.553. The molecule has 0 radical (unpaired) electrons. The molecule has 4 nitrogen and oxygen atoms in total. The second-order valence-corrected chi connectivity index (χ2v) is 6.11. The summed E-state index contributed by atoms with van der Waals surface area (Å²) in [6.07, 6.45) is 0.681. The third-order valence-corrected chi connectivity index (χ3v) is 4.26. The average Bonchev–Trinajstić information content (AvgIpc) is 2.63. The summed E-state index contributed by atoms with van der Waals surface area (Å²) in [6, 6.07) is 13.9. The number of benzene rings is 2. The van der Waals surface area contributed by atoms with Crippen LogP contribution in [0.2, 0.25) is 0 Å². The molecule has 0 aromatic heterocycles. The molecule has 1 atom stereocenters. The van der Waals surface area contributed by atoms with Gasteiger partial charge in [0.1, 0.15) is 11.6 Å². The van der Waals surface area contributed by atoms with Crippen molar-refractivity contribution in [3.05, 3.63) is 65.5 Å². The molecule has 0 saturated carbocycles. The Balaban J connectivity index is 1.78. The van der Waals surface area contributed by atoms with Gasteiger partial charge in [-0.25, -0.2) is 4.39 Å². The van der Waals surface area contributed by atoms with Crippen LogP contribution < -0.4 is 10.1 Å². The van der Waals surface area contributed by atoms with Gasteiger partial charge in [-0.1, -0.05) is 24.3 Å². The Labute approximate surface area is 148 Å². The summed E-state index contributed by atoms with van der Waals surface area (Å²) < 4.78 is 18.0. The Morgan fingerprint density at radius 1 is 1.12 bits per heavy atom. The van der Waals surface area contributed by atoms with Gasteiger partial charge in [0.25, 0.3) is 0 Å². The van der Waals surface area contributed by atoms with Gasteiger partial charge in [0.05, 0.1) is 13.2 Å². The fourth-order valence-electron chi connectivity index (χ4n) is 2.48. The second-order valence-electron chi connectivity index (χ2n) is 6.11. The molecule has 0 aliphatic rings. The summed E-state index contributed by atoms with van der Waals surface area (Å²) in [7, 11) is 3.56. The molecule has 2 aromatic carbocycles. The molecule has 0 aliphatic heterocycles. The van der Waals surface area contributed by atoms with Gasteiger partial charge in [-0.3, -0.25) is 9.69 Å². The van der Waals surface area contributed by atoms with Crippen LogP contribution in [0.25, 0.3) is 0 Å². The second kappa shape index (κ2) is 9.18. The monoisotopic (exact) mass is 344 g/mol. The maximum absolute atomic E-state index is 12.9. The normalized spacial score (nSPS) is 12.0. The van der Waals surface area contributed by atoms with Gasteiger partial charge in [0.2, 0.25) is 5.91 Å². The smallest absolute Gasteiger partial charge is 0.237 e. The lowest BCUT2D eigenvalue weighted by Gasteiger charge is -2.24. The largest absolute Gasteiger partial charge is 0.497 e. The van der Waals surface area contributed by atoms with Crippen LogP contribution in [0.3, 0.4) is 0 Å². The van der Waals surface area contributed by atoms with E-state index in [0.717, 1.165) is 16.9 Å². The highest BCUT2D eigenvalue weighted by atomic mass is 19.1. The number of hydrogen-bond acceptors (Lipinski definition) is 3. The van der Waals surface area contributed by atoms with Crippen LogP contribution in [0.5, 0.6) is 5.75 Å². The van der Waals surface area contributed by atoms with Crippen LogP contribution in [-0.4, -0.2) is 37.6 Å². The van der Waals surface area contributed by atoms with E-state index in [1.807, 2.05) is 43.1 Å². The number of halogens is 1. The fraction of sp³-hybridized carbons (Fsp3) is 0.350. The van der Waals surface area contributed by atoms with Crippen LogP contribution in [0.4, 0.5) is 4.39 Å². The van der Waals surface area contributed by atoms with Gasteiger partial charge in [-0.2, -0.15) is 0 Å². The van der Waals surface area contributed by atoms with Crippen molar-refractivity contribution in [2.24, 2.45) is 0 Å². The maximum atomic E-state index is 12.9. The number of amides is 1. The van der Waals surface area contributed by atoms with E-state index in [1.54, 1.807) is 19.2 Å². The molecule has 0 aliphatic carbocycles. The van der Waals surface area contributed by atoms with Crippen LogP contribution >= 0.6 is 0 Å². The summed E-state index contributed by atoms with van der Waals surface area (Å²) in [5.41, 5.74) is 2.12. The number of carbonyl (C=O) groups excluding carboxylic acids is 1. The number of nitrogens with one attached hydrogen (secondary N) is 1. The van der Waals surface area contributed by atoms with Crippen molar-refractivity contribution in [1.29, 1.82) is 0 Å². The van der Waals surface area contributed by atoms with Crippen molar-refractivity contribution in [3.8, 4) is 5.75 Å². The lowest BCUT2D eigenvalue weighted by molar-refractivity contribution is -0.125. The van der Waals surface area contributed by atoms with Gasteiger partial charge in [-0.05, 0) is 55.8 Å². The van der Waals surface area contributed by atoms with E-state index in [4.69, 9.17) is 4.74 Å². The highest BCUT2D eigenvalue weighted by molar-refractivity contribution is 5.81.